The van der Waals surface area contributed by atoms with Crippen molar-refractivity contribution in [2.24, 2.45) is 0 Å². The Morgan fingerprint density at radius 2 is 1.84 bits per heavy atom. The maximum atomic E-state index is 10.8. The standard InChI is InChI=1S/C15H13ClO3/c1-19-13-4-2-3-12(9-13)14(16)10-5-7-11(8-6-10)15(17)18/h2-9,14H,1H3,(H,17,18). The fourth-order valence-corrected chi connectivity index (χ4v) is 2.07. The lowest BCUT2D eigenvalue weighted by atomic mass is 10.0. The van der Waals surface area contributed by atoms with Crippen LogP contribution >= 0.6 is 11.6 Å². The molecule has 0 aliphatic rings. The summed E-state index contributed by atoms with van der Waals surface area (Å²) in [6.07, 6.45) is 0. The monoisotopic (exact) mass is 276 g/mol. The molecule has 4 heteroatoms. The lowest BCUT2D eigenvalue weighted by Crippen LogP contribution is -1.98. The van der Waals surface area contributed by atoms with Crippen molar-refractivity contribution in [1.29, 1.82) is 0 Å². The lowest BCUT2D eigenvalue weighted by Gasteiger charge is -2.11. The second kappa shape index (κ2) is 5.76. The van der Waals surface area contributed by atoms with Gasteiger partial charge in [0.1, 0.15) is 5.75 Å². The molecule has 19 heavy (non-hydrogen) atoms. The Balaban J connectivity index is 2.27. The molecule has 0 saturated heterocycles. The van der Waals surface area contributed by atoms with Crippen molar-refractivity contribution in [1.82, 2.24) is 0 Å². The summed E-state index contributed by atoms with van der Waals surface area (Å²) >= 11 is 6.39. The third-order valence-electron chi connectivity index (χ3n) is 2.84. The minimum Gasteiger partial charge on any atom is -0.497 e. The van der Waals surface area contributed by atoms with Gasteiger partial charge >= 0.3 is 5.97 Å². The average Bonchev–Trinajstić information content (AvgIpc) is 2.46. The van der Waals surface area contributed by atoms with Crippen LogP contribution in [0, 0.1) is 0 Å². The van der Waals surface area contributed by atoms with E-state index in [1.165, 1.54) is 0 Å². The number of carboxylic acids is 1. The third-order valence-corrected chi connectivity index (χ3v) is 3.34. The van der Waals surface area contributed by atoms with E-state index in [4.69, 9.17) is 21.4 Å². The minimum absolute atomic E-state index is 0.248. The molecule has 1 atom stereocenters. The zero-order valence-electron chi connectivity index (χ0n) is 10.3. The van der Waals surface area contributed by atoms with Gasteiger partial charge in [0.15, 0.2) is 0 Å². The van der Waals surface area contributed by atoms with Gasteiger partial charge in [-0.15, -0.1) is 11.6 Å². The topological polar surface area (TPSA) is 46.5 Å². The smallest absolute Gasteiger partial charge is 0.335 e. The first-order chi connectivity index (χ1) is 9.11. The van der Waals surface area contributed by atoms with E-state index in [-0.39, 0.29) is 10.9 Å². The van der Waals surface area contributed by atoms with E-state index in [1.807, 2.05) is 24.3 Å². The number of hydrogen-bond acceptors (Lipinski definition) is 2. The molecule has 0 heterocycles. The zero-order chi connectivity index (χ0) is 13.8. The van der Waals surface area contributed by atoms with Crippen molar-refractivity contribution in [2.75, 3.05) is 7.11 Å². The highest BCUT2D eigenvalue weighted by Gasteiger charge is 2.12. The maximum Gasteiger partial charge on any atom is 0.335 e. The minimum atomic E-state index is -0.945. The molecule has 0 spiro atoms. The van der Waals surface area contributed by atoms with Crippen LogP contribution in [-0.4, -0.2) is 18.2 Å². The van der Waals surface area contributed by atoms with Crippen LogP contribution in [0.15, 0.2) is 48.5 Å². The second-order valence-electron chi connectivity index (χ2n) is 4.07. The molecular formula is C15H13ClO3. The summed E-state index contributed by atoms with van der Waals surface area (Å²) in [4.78, 5) is 10.8. The highest BCUT2D eigenvalue weighted by Crippen LogP contribution is 2.30. The Morgan fingerprint density at radius 1 is 1.16 bits per heavy atom. The molecule has 0 aliphatic carbocycles. The number of hydrogen-bond donors (Lipinski definition) is 1. The summed E-state index contributed by atoms with van der Waals surface area (Å²) in [5.74, 6) is -0.204. The predicted molar refractivity (Wildman–Crippen MR) is 74.1 cm³/mol. The van der Waals surface area contributed by atoms with Gasteiger partial charge in [-0.25, -0.2) is 4.79 Å². The van der Waals surface area contributed by atoms with Gasteiger partial charge < -0.3 is 9.84 Å². The van der Waals surface area contributed by atoms with Crippen LogP contribution in [0.2, 0.25) is 0 Å². The van der Waals surface area contributed by atoms with Gasteiger partial charge in [0.05, 0.1) is 18.1 Å². The fraction of sp³-hybridized carbons (Fsp3) is 0.133. The van der Waals surface area contributed by atoms with Gasteiger partial charge in [-0.1, -0.05) is 24.3 Å². The van der Waals surface area contributed by atoms with Gasteiger partial charge in [0.25, 0.3) is 0 Å². The summed E-state index contributed by atoms with van der Waals surface area (Å²) in [7, 11) is 1.60. The highest BCUT2D eigenvalue weighted by atomic mass is 35.5. The molecule has 2 rings (SSSR count). The average molecular weight is 277 g/mol. The van der Waals surface area contributed by atoms with Crippen LogP contribution in [0.3, 0.4) is 0 Å². The van der Waals surface area contributed by atoms with Crippen molar-refractivity contribution in [2.45, 2.75) is 5.38 Å². The summed E-state index contributed by atoms with van der Waals surface area (Å²) in [6.45, 7) is 0. The Morgan fingerprint density at radius 3 is 2.42 bits per heavy atom. The summed E-state index contributed by atoms with van der Waals surface area (Å²) in [5, 5.41) is 8.51. The van der Waals surface area contributed by atoms with E-state index in [2.05, 4.69) is 0 Å². The van der Waals surface area contributed by atoms with E-state index in [9.17, 15) is 4.79 Å². The fourth-order valence-electron chi connectivity index (χ4n) is 1.79. The number of benzene rings is 2. The molecule has 1 unspecified atom stereocenters. The van der Waals surface area contributed by atoms with Crippen LogP contribution in [0.4, 0.5) is 0 Å². The van der Waals surface area contributed by atoms with Gasteiger partial charge in [-0.2, -0.15) is 0 Å². The zero-order valence-corrected chi connectivity index (χ0v) is 11.1. The number of aromatic carboxylic acids is 1. The Labute approximate surface area is 116 Å². The summed E-state index contributed by atoms with van der Waals surface area (Å²) in [6, 6.07) is 14.0. The third kappa shape index (κ3) is 3.06. The number of alkyl halides is 1. The molecule has 2 aromatic carbocycles. The van der Waals surface area contributed by atoms with E-state index in [0.29, 0.717) is 0 Å². The van der Waals surface area contributed by atoms with E-state index >= 15 is 0 Å². The van der Waals surface area contributed by atoms with Crippen LogP contribution in [-0.2, 0) is 0 Å². The van der Waals surface area contributed by atoms with Gasteiger partial charge in [0, 0.05) is 0 Å². The highest BCUT2D eigenvalue weighted by molar-refractivity contribution is 6.22. The Bertz CT molecular complexity index is 578. The van der Waals surface area contributed by atoms with Crippen molar-refractivity contribution in [3.05, 3.63) is 65.2 Å². The van der Waals surface area contributed by atoms with Crippen LogP contribution in [0.25, 0.3) is 0 Å². The van der Waals surface area contributed by atoms with E-state index in [0.717, 1.165) is 16.9 Å². The lowest BCUT2D eigenvalue weighted by molar-refractivity contribution is 0.0697. The van der Waals surface area contributed by atoms with Crippen molar-refractivity contribution in [3.8, 4) is 5.75 Å². The first-order valence-electron chi connectivity index (χ1n) is 5.73. The van der Waals surface area contributed by atoms with Crippen molar-refractivity contribution >= 4 is 17.6 Å². The van der Waals surface area contributed by atoms with Crippen LogP contribution in [0.5, 0.6) is 5.75 Å². The first kappa shape index (κ1) is 13.4. The molecule has 3 nitrogen and oxygen atoms in total. The molecule has 2 aromatic rings. The summed E-state index contributed by atoms with van der Waals surface area (Å²) in [5.41, 5.74) is 2.00. The van der Waals surface area contributed by atoms with Crippen molar-refractivity contribution in [3.63, 3.8) is 0 Å². The van der Waals surface area contributed by atoms with E-state index in [1.54, 1.807) is 31.4 Å². The molecule has 0 radical (unpaired) electrons. The Kier molecular flexibility index (Phi) is 4.07. The molecule has 0 aromatic heterocycles. The Hall–Kier alpha value is -2.00. The molecule has 1 N–H and O–H groups in total. The number of ether oxygens (including phenoxy) is 1. The van der Waals surface area contributed by atoms with Crippen LogP contribution < -0.4 is 4.74 Å². The van der Waals surface area contributed by atoms with E-state index < -0.39 is 5.97 Å². The number of halogens is 1. The molecule has 0 aliphatic heterocycles. The predicted octanol–water partition coefficient (Wildman–Crippen LogP) is 3.72. The molecule has 0 saturated carbocycles. The number of carboxylic acid groups (broad SMARTS) is 1. The molecule has 0 fully saturated rings. The van der Waals surface area contributed by atoms with Gasteiger partial charge in [-0.3, -0.25) is 0 Å². The molecule has 98 valence electrons. The molecular weight excluding hydrogens is 264 g/mol. The molecule has 0 amide bonds. The number of carbonyl (C=O) groups is 1. The maximum absolute atomic E-state index is 10.8. The van der Waals surface area contributed by atoms with Crippen molar-refractivity contribution < 1.29 is 14.6 Å². The number of rotatable bonds is 4. The molecule has 0 bridgehead atoms. The first-order valence-corrected chi connectivity index (χ1v) is 6.16. The summed E-state index contributed by atoms with van der Waals surface area (Å²) < 4.78 is 5.16. The van der Waals surface area contributed by atoms with Gasteiger partial charge in [-0.05, 0) is 35.4 Å². The quantitative estimate of drug-likeness (QED) is 0.866. The largest absolute Gasteiger partial charge is 0.497 e. The van der Waals surface area contributed by atoms with Gasteiger partial charge in [0.2, 0.25) is 0 Å². The second-order valence-corrected chi connectivity index (χ2v) is 4.50. The normalized spacial score (nSPS) is 11.9. The van der Waals surface area contributed by atoms with Crippen LogP contribution in [0.1, 0.15) is 26.9 Å². The number of methoxy groups -OCH3 is 1. The SMILES string of the molecule is COc1cccc(C(Cl)c2ccc(C(=O)O)cc2)c1.